The zero-order valence-electron chi connectivity index (χ0n) is 11.3. The molecule has 2 rings (SSSR count). The molecule has 0 saturated carbocycles. The van der Waals surface area contributed by atoms with Crippen LogP contribution in [0.5, 0.6) is 11.5 Å². The summed E-state index contributed by atoms with van der Waals surface area (Å²) in [5.41, 5.74) is 0.342. The number of rotatable bonds is 5. The topological polar surface area (TPSA) is 55.8 Å². The van der Waals surface area contributed by atoms with Gasteiger partial charge in [0, 0.05) is 16.3 Å². The fraction of sp³-hybridized carbons (Fsp3) is 0.188. The van der Waals surface area contributed by atoms with E-state index in [0.29, 0.717) is 17.1 Å². The van der Waals surface area contributed by atoms with Crippen LogP contribution in [0, 0.1) is 0 Å². The van der Waals surface area contributed by atoms with Gasteiger partial charge in [-0.15, -0.1) is 0 Å². The van der Waals surface area contributed by atoms with Gasteiger partial charge in [-0.2, -0.15) is 0 Å². The van der Waals surface area contributed by atoms with Crippen LogP contribution in [-0.2, 0) is 4.79 Å². The highest BCUT2D eigenvalue weighted by atomic mass is 16.5. The fourth-order valence-electron chi connectivity index (χ4n) is 1.80. The zero-order chi connectivity index (χ0) is 14.5. The van der Waals surface area contributed by atoms with E-state index >= 15 is 0 Å². The third-order valence-corrected chi connectivity index (χ3v) is 2.74. The van der Waals surface area contributed by atoms with Gasteiger partial charge in [0.2, 0.25) is 0 Å². The molecule has 0 spiro atoms. The Balaban J connectivity index is 2.43. The number of carbonyl (C=O) groups excluding carboxylic acids is 1. The van der Waals surface area contributed by atoms with E-state index < -0.39 is 5.97 Å². The molecule has 2 aromatic rings. The standard InChI is InChI=1S/C16H16O4/c1-11(2)16(18)20-15-8-7-14(19-10-9-17)12-5-3-4-6-13(12)15/h3-8,17H,1,9-10H2,2H3. The lowest BCUT2D eigenvalue weighted by atomic mass is 10.1. The monoisotopic (exact) mass is 272 g/mol. The highest BCUT2D eigenvalue weighted by Crippen LogP contribution is 2.33. The Hall–Kier alpha value is -2.33. The van der Waals surface area contributed by atoms with E-state index in [0.717, 1.165) is 10.8 Å². The van der Waals surface area contributed by atoms with Crippen molar-refractivity contribution in [1.82, 2.24) is 0 Å². The van der Waals surface area contributed by atoms with Crippen LogP contribution < -0.4 is 9.47 Å². The second-order valence-electron chi connectivity index (χ2n) is 4.35. The molecule has 4 heteroatoms. The molecule has 0 aliphatic carbocycles. The fourth-order valence-corrected chi connectivity index (χ4v) is 1.80. The van der Waals surface area contributed by atoms with Crippen LogP contribution in [0.15, 0.2) is 48.6 Å². The zero-order valence-corrected chi connectivity index (χ0v) is 11.3. The van der Waals surface area contributed by atoms with E-state index in [9.17, 15) is 4.79 Å². The van der Waals surface area contributed by atoms with Gasteiger partial charge in [0.15, 0.2) is 0 Å². The Bertz CT molecular complexity index is 646. The molecule has 2 aromatic carbocycles. The summed E-state index contributed by atoms with van der Waals surface area (Å²) >= 11 is 0. The number of aliphatic hydroxyl groups is 1. The largest absolute Gasteiger partial charge is 0.491 e. The lowest BCUT2D eigenvalue weighted by Gasteiger charge is -2.12. The number of aliphatic hydroxyl groups excluding tert-OH is 1. The number of benzene rings is 2. The highest BCUT2D eigenvalue weighted by Gasteiger charge is 2.11. The Morgan fingerprint density at radius 3 is 2.35 bits per heavy atom. The van der Waals surface area contributed by atoms with Crippen molar-refractivity contribution in [1.29, 1.82) is 0 Å². The summed E-state index contributed by atoms with van der Waals surface area (Å²) in [6.07, 6.45) is 0. The van der Waals surface area contributed by atoms with Crippen LogP contribution in [0.1, 0.15) is 6.92 Å². The molecule has 0 unspecified atom stereocenters. The quantitative estimate of drug-likeness (QED) is 0.516. The number of esters is 1. The van der Waals surface area contributed by atoms with Crippen LogP contribution in [0.2, 0.25) is 0 Å². The van der Waals surface area contributed by atoms with Crippen molar-refractivity contribution in [3.8, 4) is 11.5 Å². The van der Waals surface area contributed by atoms with Gasteiger partial charge in [-0.3, -0.25) is 0 Å². The molecule has 0 saturated heterocycles. The van der Waals surface area contributed by atoms with Crippen molar-refractivity contribution in [2.45, 2.75) is 6.92 Å². The highest BCUT2D eigenvalue weighted by molar-refractivity contribution is 5.97. The Morgan fingerprint density at radius 1 is 1.15 bits per heavy atom. The molecule has 4 nitrogen and oxygen atoms in total. The average Bonchev–Trinajstić information content (AvgIpc) is 2.46. The summed E-state index contributed by atoms with van der Waals surface area (Å²) in [4.78, 5) is 11.6. The molecule has 0 aliphatic rings. The van der Waals surface area contributed by atoms with Gasteiger partial charge >= 0.3 is 5.97 Å². The van der Waals surface area contributed by atoms with E-state index in [4.69, 9.17) is 14.6 Å². The summed E-state index contributed by atoms with van der Waals surface area (Å²) in [5.74, 6) is 0.647. The molecule has 0 heterocycles. The Morgan fingerprint density at radius 2 is 1.75 bits per heavy atom. The number of fused-ring (bicyclic) bond motifs is 1. The molecule has 20 heavy (non-hydrogen) atoms. The first kappa shape index (κ1) is 14.1. The summed E-state index contributed by atoms with van der Waals surface area (Å²) in [7, 11) is 0. The van der Waals surface area contributed by atoms with Crippen molar-refractivity contribution >= 4 is 16.7 Å². The van der Waals surface area contributed by atoms with E-state index in [1.807, 2.05) is 24.3 Å². The summed E-state index contributed by atoms with van der Waals surface area (Å²) in [6, 6.07) is 10.9. The maximum atomic E-state index is 11.6. The normalized spacial score (nSPS) is 10.3. The maximum absolute atomic E-state index is 11.6. The second-order valence-corrected chi connectivity index (χ2v) is 4.35. The van der Waals surface area contributed by atoms with Crippen LogP contribution in [0.3, 0.4) is 0 Å². The molecule has 1 N–H and O–H groups in total. The van der Waals surface area contributed by atoms with Gasteiger partial charge in [-0.1, -0.05) is 30.8 Å². The molecular formula is C16H16O4. The second kappa shape index (κ2) is 6.21. The molecule has 0 fully saturated rings. The van der Waals surface area contributed by atoms with Crippen LogP contribution in [-0.4, -0.2) is 24.3 Å². The first-order valence-electron chi connectivity index (χ1n) is 6.26. The Kier molecular flexibility index (Phi) is 4.38. The van der Waals surface area contributed by atoms with Crippen LogP contribution in [0.4, 0.5) is 0 Å². The van der Waals surface area contributed by atoms with E-state index in [-0.39, 0.29) is 13.2 Å². The van der Waals surface area contributed by atoms with Crippen LogP contribution >= 0.6 is 0 Å². The van der Waals surface area contributed by atoms with Gasteiger partial charge < -0.3 is 14.6 Å². The third kappa shape index (κ3) is 2.97. The molecule has 0 atom stereocenters. The van der Waals surface area contributed by atoms with Crippen molar-refractivity contribution in [2.75, 3.05) is 13.2 Å². The first-order valence-corrected chi connectivity index (χ1v) is 6.26. The molecule has 0 aliphatic heterocycles. The van der Waals surface area contributed by atoms with E-state index in [2.05, 4.69) is 6.58 Å². The van der Waals surface area contributed by atoms with Gasteiger partial charge in [0.05, 0.1) is 6.61 Å². The molecule has 104 valence electrons. The van der Waals surface area contributed by atoms with Crippen molar-refractivity contribution in [3.63, 3.8) is 0 Å². The maximum Gasteiger partial charge on any atom is 0.338 e. The first-order chi connectivity index (χ1) is 9.63. The number of carbonyl (C=O) groups is 1. The van der Waals surface area contributed by atoms with E-state index in [1.165, 1.54) is 0 Å². The van der Waals surface area contributed by atoms with Crippen LogP contribution in [0.25, 0.3) is 10.8 Å². The number of hydrogen-bond donors (Lipinski definition) is 1. The van der Waals surface area contributed by atoms with Gasteiger partial charge in [0.25, 0.3) is 0 Å². The molecule has 0 radical (unpaired) electrons. The Labute approximate surface area is 117 Å². The van der Waals surface area contributed by atoms with Crippen molar-refractivity contribution in [2.24, 2.45) is 0 Å². The molecule has 0 aromatic heterocycles. The minimum absolute atomic E-state index is 0.0548. The lowest BCUT2D eigenvalue weighted by Crippen LogP contribution is -2.08. The van der Waals surface area contributed by atoms with Gasteiger partial charge in [-0.25, -0.2) is 4.79 Å². The predicted molar refractivity (Wildman–Crippen MR) is 77.0 cm³/mol. The predicted octanol–water partition coefficient (Wildman–Crippen LogP) is 2.69. The van der Waals surface area contributed by atoms with Gasteiger partial charge in [-0.05, 0) is 19.1 Å². The minimum atomic E-state index is -0.459. The third-order valence-electron chi connectivity index (χ3n) is 2.74. The minimum Gasteiger partial charge on any atom is -0.491 e. The van der Waals surface area contributed by atoms with Crippen molar-refractivity contribution < 1.29 is 19.4 Å². The van der Waals surface area contributed by atoms with Gasteiger partial charge in [0.1, 0.15) is 18.1 Å². The molecule has 0 amide bonds. The SMILES string of the molecule is C=C(C)C(=O)Oc1ccc(OCCO)c2ccccc12. The summed E-state index contributed by atoms with van der Waals surface area (Å²) in [6.45, 7) is 5.33. The average molecular weight is 272 g/mol. The smallest absolute Gasteiger partial charge is 0.338 e. The number of hydrogen-bond acceptors (Lipinski definition) is 4. The number of ether oxygens (including phenoxy) is 2. The van der Waals surface area contributed by atoms with Crippen molar-refractivity contribution in [3.05, 3.63) is 48.6 Å². The molecular weight excluding hydrogens is 256 g/mol. The van der Waals surface area contributed by atoms with E-state index in [1.54, 1.807) is 19.1 Å². The summed E-state index contributed by atoms with van der Waals surface area (Å²) < 4.78 is 10.8. The summed E-state index contributed by atoms with van der Waals surface area (Å²) in [5, 5.41) is 10.4. The lowest BCUT2D eigenvalue weighted by molar-refractivity contribution is -0.129. The molecule has 0 bridgehead atoms.